The predicted molar refractivity (Wildman–Crippen MR) is 68.5 cm³/mol. The van der Waals surface area contributed by atoms with Crippen LogP contribution in [0.1, 0.15) is 18.4 Å². The quantitative estimate of drug-likeness (QED) is 0.602. The molecule has 0 aliphatic carbocycles. The number of rotatable bonds is 5. The fraction of sp³-hybridized carbons (Fsp3) is 0.357. The van der Waals surface area contributed by atoms with E-state index in [0.717, 1.165) is 5.56 Å². The Morgan fingerprint density at radius 3 is 2.85 bits per heavy atom. The van der Waals surface area contributed by atoms with Gasteiger partial charge >= 0.3 is 12.1 Å². The first-order valence-electron chi connectivity index (χ1n) is 6.30. The van der Waals surface area contributed by atoms with Crippen molar-refractivity contribution in [2.75, 3.05) is 6.73 Å². The Balaban J connectivity index is 1.90. The number of aldehydes is 1. The molecule has 1 fully saturated rings. The molecule has 1 aliphatic heterocycles. The molecule has 1 unspecified atom stereocenters. The second kappa shape index (κ2) is 6.70. The van der Waals surface area contributed by atoms with Crippen LogP contribution >= 0.6 is 0 Å². The number of carbonyl (C=O) groups excluding carboxylic acids is 3. The van der Waals surface area contributed by atoms with Gasteiger partial charge in [0, 0.05) is 6.42 Å². The molecule has 1 aromatic carbocycles. The Bertz CT molecular complexity index is 488. The Kier molecular flexibility index (Phi) is 4.70. The molecule has 1 atom stereocenters. The first kappa shape index (κ1) is 14.0. The van der Waals surface area contributed by atoms with Gasteiger partial charge in [0.2, 0.25) is 0 Å². The van der Waals surface area contributed by atoms with E-state index in [-0.39, 0.29) is 26.2 Å². The normalized spacial score (nSPS) is 17.7. The first-order chi connectivity index (χ1) is 9.72. The molecule has 0 bridgehead atoms. The summed E-state index contributed by atoms with van der Waals surface area (Å²) in [6.07, 6.45) is 0.542. The molecule has 2 rings (SSSR count). The molecule has 0 spiro atoms. The van der Waals surface area contributed by atoms with Crippen molar-refractivity contribution < 1.29 is 23.9 Å². The molecule has 0 radical (unpaired) electrons. The summed E-state index contributed by atoms with van der Waals surface area (Å²) in [5.74, 6) is -0.497. The SMILES string of the molecule is O=CCCC1C(=O)OCN1C(=O)OCc1ccccc1. The van der Waals surface area contributed by atoms with Crippen LogP contribution in [-0.4, -0.2) is 36.0 Å². The molecule has 0 saturated carbocycles. The van der Waals surface area contributed by atoms with E-state index in [1.807, 2.05) is 30.3 Å². The van der Waals surface area contributed by atoms with Crippen molar-refractivity contribution in [3.05, 3.63) is 35.9 Å². The molecule has 0 N–H and O–H groups in total. The highest BCUT2D eigenvalue weighted by atomic mass is 16.6. The third kappa shape index (κ3) is 3.34. The van der Waals surface area contributed by atoms with Gasteiger partial charge in [0.15, 0.2) is 6.73 Å². The molecule has 6 nitrogen and oxygen atoms in total. The van der Waals surface area contributed by atoms with E-state index in [1.54, 1.807) is 0 Å². The third-order valence-electron chi connectivity index (χ3n) is 2.99. The molecule has 1 aromatic rings. The molecule has 1 saturated heterocycles. The van der Waals surface area contributed by atoms with Crippen molar-refractivity contribution in [1.82, 2.24) is 4.90 Å². The molecule has 0 aromatic heterocycles. The molecule has 106 valence electrons. The predicted octanol–water partition coefficient (Wildman–Crippen LogP) is 1.49. The molecule has 1 aliphatic rings. The summed E-state index contributed by atoms with van der Waals surface area (Å²) in [5.41, 5.74) is 0.858. The van der Waals surface area contributed by atoms with Crippen LogP contribution in [-0.2, 0) is 25.7 Å². The van der Waals surface area contributed by atoms with Crippen molar-refractivity contribution in [2.45, 2.75) is 25.5 Å². The van der Waals surface area contributed by atoms with Gasteiger partial charge in [0.25, 0.3) is 0 Å². The van der Waals surface area contributed by atoms with Crippen molar-refractivity contribution in [2.24, 2.45) is 0 Å². The van der Waals surface area contributed by atoms with Crippen LogP contribution in [0.25, 0.3) is 0 Å². The van der Waals surface area contributed by atoms with Crippen LogP contribution < -0.4 is 0 Å². The van der Waals surface area contributed by atoms with Crippen LogP contribution in [0.3, 0.4) is 0 Å². The monoisotopic (exact) mass is 277 g/mol. The number of nitrogens with zero attached hydrogens (tertiary/aromatic N) is 1. The number of hydrogen-bond acceptors (Lipinski definition) is 5. The second-order valence-electron chi connectivity index (χ2n) is 4.36. The number of ether oxygens (including phenoxy) is 2. The van der Waals surface area contributed by atoms with Gasteiger partial charge in [-0.05, 0) is 12.0 Å². The van der Waals surface area contributed by atoms with Crippen molar-refractivity contribution in [3.63, 3.8) is 0 Å². The van der Waals surface area contributed by atoms with Crippen molar-refractivity contribution in [3.8, 4) is 0 Å². The summed E-state index contributed by atoms with van der Waals surface area (Å²) in [6, 6.07) is 8.50. The zero-order chi connectivity index (χ0) is 14.4. The lowest BCUT2D eigenvalue weighted by Crippen LogP contribution is -2.38. The van der Waals surface area contributed by atoms with Gasteiger partial charge in [-0.1, -0.05) is 30.3 Å². The standard InChI is InChI=1S/C14H15NO5/c16-8-4-7-12-13(17)20-10-15(12)14(18)19-9-11-5-2-1-3-6-11/h1-3,5-6,8,12H,4,7,9-10H2. The van der Waals surface area contributed by atoms with Gasteiger partial charge < -0.3 is 14.3 Å². The lowest BCUT2D eigenvalue weighted by atomic mass is 10.1. The fourth-order valence-corrected chi connectivity index (χ4v) is 1.93. The van der Waals surface area contributed by atoms with Crippen LogP contribution in [0.15, 0.2) is 30.3 Å². The highest BCUT2D eigenvalue weighted by Crippen LogP contribution is 2.17. The van der Waals surface area contributed by atoms with E-state index >= 15 is 0 Å². The maximum Gasteiger partial charge on any atom is 0.413 e. The molecular weight excluding hydrogens is 262 g/mol. The smallest absolute Gasteiger partial charge is 0.413 e. The van der Waals surface area contributed by atoms with Gasteiger partial charge in [-0.3, -0.25) is 4.90 Å². The summed E-state index contributed by atoms with van der Waals surface area (Å²) in [5, 5.41) is 0. The number of benzene rings is 1. The minimum atomic E-state index is -0.733. The molecule has 1 amide bonds. The van der Waals surface area contributed by atoms with E-state index in [4.69, 9.17) is 9.47 Å². The van der Waals surface area contributed by atoms with Crippen LogP contribution in [0, 0.1) is 0 Å². The number of carbonyl (C=O) groups is 3. The Morgan fingerprint density at radius 2 is 2.15 bits per heavy atom. The van der Waals surface area contributed by atoms with Crippen molar-refractivity contribution in [1.29, 1.82) is 0 Å². The molecular formula is C14H15NO5. The average Bonchev–Trinajstić information content (AvgIpc) is 2.85. The summed E-state index contributed by atoms with van der Waals surface area (Å²) in [7, 11) is 0. The maximum atomic E-state index is 11.9. The Labute approximate surface area is 116 Å². The van der Waals surface area contributed by atoms with Gasteiger partial charge in [0.1, 0.15) is 18.9 Å². The van der Waals surface area contributed by atoms with E-state index in [1.165, 1.54) is 4.90 Å². The number of amides is 1. The summed E-state index contributed by atoms with van der Waals surface area (Å²) in [6.45, 7) is 0.000739. The largest absolute Gasteiger partial charge is 0.444 e. The van der Waals surface area contributed by atoms with Crippen molar-refractivity contribution >= 4 is 18.3 Å². The highest BCUT2D eigenvalue weighted by molar-refractivity contribution is 5.84. The van der Waals surface area contributed by atoms with Crippen LogP contribution in [0.2, 0.25) is 0 Å². The third-order valence-corrected chi connectivity index (χ3v) is 2.99. The van der Waals surface area contributed by atoms with Gasteiger partial charge in [-0.25, -0.2) is 9.59 Å². The van der Waals surface area contributed by atoms with E-state index in [9.17, 15) is 14.4 Å². The fourth-order valence-electron chi connectivity index (χ4n) is 1.93. The molecule has 1 heterocycles. The summed E-state index contributed by atoms with van der Waals surface area (Å²) >= 11 is 0. The lowest BCUT2D eigenvalue weighted by Gasteiger charge is -2.18. The first-order valence-corrected chi connectivity index (χ1v) is 6.30. The second-order valence-corrected chi connectivity index (χ2v) is 4.36. The van der Waals surface area contributed by atoms with Crippen LogP contribution in [0.5, 0.6) is 0 Å². The highest BCUT2D eigenvalue weighted by Gasteiger charge is 2.38. The minimum Gasteiger partial charge on any atom is -0.444 e. The van der Waals surface area contributed by atoms with E-state index in [0.29, 0.717) is 6.29 Å². The number of cyclic esters (lactones) is 1. The molecule has 6 heteroatoms. The topological polar surface area (TPSA) is 72.9 Å². The number of esters is 1. The zero-order valence-electron chi connectivity index (χ0n) is 10.9. The minimum absolute atomic E-state index is 0.129. The van der Waals surface area contributed by atoms with Crippen LogP contribution in [0.4, 0.5) is 4.79 Å². The summed E-state index contributed by atoms with van der Waals surface area (Å²) < 4.78 is 9.96. The van der Waals surface area contributed by atoms with Gasteiger partial charge in [-0.15, -0.1) is 0 Å². The van der Waals surface area contributed by atoms with E-state index < -0.39 is 18.1 Å². The Hall–Kier alpha value is -2.37. The molecule has 20 heavy (non-hydrogen) atoms. The van der Waals surface area contributed by atoms with E-state index in [2.05, 4.69) is 0 Å². The maximum absolute atomic E-state index is 11.9. The Morgan fingerprint density at radius 1 is 1.40 bits per heavy atom. The summed E-state index contributed by atoms with van der Waals surface area (Å²) in [4.78, 5) is 35.0. The lowest BCUT2D eigenvalue weighted by molar-refractivity contribution is -0.139. The van der Waals surface area contributed by atoms with Gasteiger partial charge in [-0.2, -0.15) is 0 Å². The average molecular weight is 277 g/mol. The van der Waals surface area contributed by atoms with Gasteiger partial charge in [0.05, 0.1) is 0 Å². The zero-order valence-corrected chi connectivity index (χ0v) is 10.9. The number of hydrogen-bond donors (Lipinski definition) is 0.